The highest BCUT2D eigenvalue weighted by molar-refractivity contribution is 6.99. The number of anilines is 1. The van der Waals surface area contributed by atoms with Crippen LogP contribution in [0.25, 0.3) is 0 Å². The van der Waals surface area contributed by atoms with Crippen molar-refractivity contribution < 1.29 is 19.1 Å². The molecule has 1 unspecified atom stereocenters. The number of aliphatic hydroxyl groups excluding tert-OH is 1. The fourth-order valence-electron chi connectivity index (χ4n) is 4.50. The summed E-state index contributed by atoms with van der Waals surface area (Å²) < 4.78 is 12.2. The van der Waals surface area contributed by atoms with Gasteiger partial charge in [0.2, 0.25) is 0 Å². The van der Waals surface area contributed by atoms with E-state index in [0.717, 1.165) is 0 Å². The molecule has 0 aliphatic carbocycles. The van der Waals surface area contributed by atoms with Gasteiger partial charge in [-0.05, 0) is 48.7 Å². The second-order valence-corrected chi connectivity index (χ2v) is 15.7. The van der Waals surface area contributed by atoms with Crippen LogP contribution in [0.15, 0.2) is 72.9 Å². The van der Waals surface area contributed by atoms with E-state index in [9.17, 15) is 9.90 Å². The van der Waals surface area contributed by atoms with Crippen LogP contribution < -0.4 is 15.7 Å². The van der Waals surface area contributed by atoms with Crippen LogP contribution in [0.4, 0.5) is 10.5 Å². The quantitative estimate of drug-likeness (QED) is 0.267. The minimum absolute atomic E-state index is 0.0790. The molecule has 0 aliphatic rings. The Morgan fingerprint density at radius 1 is 0.973 bits per heavy atom. The lowest BCUT2D eigenvalue weighted by Crippen LogP contribution is -2.66. The third-order valence-electron chi connectivity index (χ3n) is 6.05. The zero-order valence-corrected chi connectivity index (χ0v) is 24.2. The maximum atomic E-state index is 12.4. The van der Waals surface area contributed by atoms with E-state index in [-0.39, 0.29) is 15.9 Å². The first-order chi connectivity index (χ1) is 17.3. The molecule has 1 aromatic heterocycles. The molecule has 2 N–H and O–H groups in total. The highest BCUT2D eigenvalue weighted by Crippen LogP contribution is 2.37. The van der Waals surface area contributed by atoms with Crippen LogP contribution >= 0.6 is 11.6 Å². The van der Waals surface area contributed by atoms with Gasteiger partial charge in [-0.25, -0.2) is 9.78 Å². The number of hydrogen-bond acceptors (Lipinski definition) is 5. The van der Waals surface area contributed by atoms with Crippen molar-refractivity contribution in [1.29, 1.82) is 0 Å². The Kier molecular flexibility index (Phi) is 9.18. The minimum atomic E-state index is -2.73. The van der Waals surface area contributed by atoms with E-state index in [1.54, 1.807) is 26.8 Å². The number of carbonyl (C=O) groups excluding carboxylic acids is 1. The highest BCUT2D eigenvalue weighted by atomic mass is 35.5. The second-order valence-electron chi connectivity index (χ2n) is 11.0. The maximum absolute atomic E-state index is 12.4. The van der Waals surface area contributed by atoms with Crippen molar-refractivity contribution in [2.45, 2.75) is 64.7 Å². The van der Waals surface area contributed by atoms with Crippen molar-refractivity contribution >= 4 is 42.1 Å². The largest absolute Gasteiger partial charge is 0.444 e. The van der Waals surface area contributed by atoms with Gasteiger partial charge >= 0.3 is 6.09 Å². The van der Waals surface area contributed by atoms with Gasteiger partial charge in [-0.2, -0.15) is 0 Å². The molecule has 0 fully saturated rings. The van der Waals surface area contributed by atoms with Crippen molar-refractivity contribution in [2.75, 3.05) is 11.9 Å². The van der Waals surface area contributed by atoms with E-state index < -0.39 is 26.1 Å². The molecule has 0 saturated carbocycles. The van der Waals surface area contributed by atoms with E-state index in [4.69, 9.17) is 20.8 Å². The summed E-state index contributed by atoms with van der Waals surface area (Å²) in [6, 6.07) is 22.3. The normalized spacial score (nSPS) is 13.2. The van der Waals surface area contributed by atoms with Gasteiger partial charge in [0.25, 0.3) is 8.32 Å². The van der Waals surface area contributed by atoms with Crippen LogP contribution in [0.3, 0.4) is 0 Å². The number of pyridine rings is 1. The Hall–Kier alpha value is -2.71. The zero-order chi connectivity index (χ0) is 27.3. The molecule has 0 saturated heterocycles. The molecular formula is C29H37ClN2O4Si. The summed E-state index contributed by atoms with van der Waals surface area (Å²) >= 11 is 6.30. The summed E-state index contributed by atoms with van der Waals surface area (Å²) in [5.74, 6) is 0. The van der Waals surface area contributed by atoms with Gasteiger partial charge < -0.3 is 14.3 Å². The van der Waals surface area contributed by atoms with E-state index in [0.29, 0.717) is 18.6 Å². The lowest BCUT2D eigenvalue weighted by atomic mass is 10.1. The number of aliphatic hydroxyl groups is 1. The first kappa shape index (κ1) is 28.9. The number of nitrogens with one attached hydrogen (secondary N) is 1. The number of nitrogens with zero attached hydrogens (tertiary/aromatic N) is 1. The molecule has 198 valence electrons. The number of ether oxygens (including phenoxy) is 1. The lowest BCUT2D eigenvalue weighted by molar-refractivity contribution is 0.0635. The number of benzene rings is 2. The molecule has 0 bridgehead atoms. The Labute approximate surface area is 226 Å². The number of halogens is 1. The molecule has 1 atom stereocenters. The van der Waals surface area contributed by atoms with Crippen LogP contribution in [0.1, 0.15) is 59.6 Å². The maximum Gasteiger partial charge on any atom is 0.412 e. The fraction of sp³-hybridized carbons (Fsp3) is 0.379. The molecule has 1 amide bonds. The van der Waals surface area contributed by atoms with E-state index in [2.05, 4.69) is 55.3 Å². The second kappa shape index (κ2) is 11.8. The van der Waals surface area contributed by atoms with Gasteiger partial charge in [0.1, 0.15) is 5.60 Å². The van der Waals surface area contributed by atoms with E-state index in [1.807, 2.05) is 36.4 Å². The molecule has 0 aliphatic heterocycles. The predicted octanol–water partition coefficient (Wildman–Crippen LogP) is 6.08. The highest BCUT2D eigenvalue weighted by Gasteiger charge is 2.50. The molecule has 8 heteroatoms. The van der Waals surface area contributed by atoms with Crippen molar-refractivity contribution in [3.8, 4) is 0 Å². The molecular weight excluding hydrogens is 504 g/mol. The summed E-state index contributed by atoms with van der Waals surface area (Å²) in [4.78, 5) is 16.5. The van der Waals surface area contributed by atoms with Crippen LogP contribution in [0.2, 0.25) is 10.2 Å². The third kappa shape index (κ3) is 6.99. The van der Waals surface area contributed by atoms with Crippen LogP contribution in [-0.4, -0.2) is 36.7 Å². The SMILES string of the molecule is CC(C)(C)OC(=O)Nc1c(C(O)CCO[Si](c2ccccc2)(c2ccccc2)C(C)(C)C)ccnc1Cl. The molecule has 6 nitrogen and oxygen atoms in total. The molecule has 1 heterocycles. The molecule has 0 spiro atoms. The third-order valence-corrected chi connectivity index (χ3v) is 11.4. The molecule has 3 aromatic rings. The average molecular weight is 541 g/mol. The summed E-state index contributed by atoms with van der Waals surface area (Å²) in [7, 11) is -2.73. The Morgan fingerprint density at radius 2 is 1.51 bits per heavy atom. The van der Waals surface area contributed by atoms with Crippen molar-refractivity contribution in [1.82, 2.24) is 4.98 Å². The van der Waals surface area contributed by atoms with Crippen molar-refractivity contribution in [2.24, 2.45) is 0 Å². The van der Waals surface area contributed by atoms with Gasteiger partial charge in [0, 0.05) is 18.4 Å². The summed E-state index contributed by atoms with van der Waals surface area (Å²) in [5.41, 5.74) is 0.00883. The minimum Gasteiger partial charge on any atom is -0.444 e. The van der Waals surface area contributed by atoms with Crippen molar-refractivity contribution in [3.63, 3.8) is 0 Å². The van der Waals surface area contributed by atoms with E-state index in [1.165, 1.54) is 16.6 Å². The Balaban J connectivity index is 1.87. The molecule has 2 aromatic carbocycles. The van der Waals surface area contributed by atoms with Crippen LogP contribution in [0.5, 0.6) is 0 Å². The fourth-order valence-corrected chi connectivity index (χ4v) is 9.29. The first-order valence-corrected chi connectivity index (χ1v) is 14.7. The number of carbonyl (C=O) groups is 1. The molecule has 37 heavy (non-hydrogen) atoms. The Morgan fingerprint density at radius 3 is 2.00 bits per heavy atom. The van der Waals surface area contributed by atoms with Crippen molar-refractivity contribution in [3.05, 3.63) is 83.6 Å². The van der Waals surface area contributed by atoms with Gasteiger partial charge in [-0.15, -0.1) is 0 Å². The first-order valence-electron chi connectivity index (χ1n) is 12.4. The number of rotatable bonds is 8. The zero-order valence-electron chi connectivity index (χ0n) is 22.4. The predicted molar refractivity (Wildman–Crippen MR) is 152 cm³/mol. The van der Waals surface area contributed by atoms with Gasteiger partial charge in [0.15, 0.2) is 5.15 Å². The topological polar surface area (TPSA) is 80.7 Å². The van der Waals surface area contributed by atoms with Gasteiger partial charge in [-0.1, -0.05) is 93.0 Å². The standard InChI is InChI=1S/C29H37ClN2O4Si/c1-28(2,3)36-27(34)32-25-23(17-19-31-26(25)30)24(33)18-20-35-37(29(4,5)6,21-13-9-7-10-14-21)22-15-11-8-12-16-22/h7-17,19,24,33H,18,20H2,1-6H3,(H,32,34). The monoisotopic (exact) mass is 540 g/mol. The van der Waals surface area contributed by atoms with Crippen LogP contribution in [-0.2, 0) is 9.16 Å². The van der Waals surface area contributed by atoms with Gasteiger partial charge in [-0.3, -0.25) is 5.32 Å². The number of amides is 1. The summed E-state index contributed by atoms with van der Waals surface area (Å²) in [6.07, 6.45) is 0.195. The summed E-state index contributed by atoms with van der Waals surface area (Å²) in [6.45, 7) is 12.3. The lowest BCUT2D eigenvalue weighted by Gasteiger charge is -2.43. The smallest absolute Gasteiger partial charge is 0.412 e. The Bertz CT molecular complexity index is 1140. The average Bonchev–Trinajstić information content (AvgIpc) is 2.82. The summed E-state index contributed by atoms with van der Waals surface area (Å²) in [5, 5.41) is 16.1. The van der Waals surface area contributed by atoms with E-state index >= 15 is 0 Å². The molecule has 0 radical (unpaired) electrons. The number of aromatic nitrogens is 1. The van der Waals surface area contributed by atoms with Gasteiger partial charge in [0.05, 0.1) is 11.8 Å². The molecule has 3 rings (SSSR count). The van der Waals surface area contributed by atoms with Crippen LogP contribution in [0, 0.1) is 0 Å². The number of hydrogen-bond donors (Lipinski definition) is 2.